The number of carbonyl (C=O) groups is 3. The van der Waals surface area contributed by atoms with Crippen molar-refractivity contribution < 1.29 is 39.9 Å². The minimum Gasteiger partial charge on any atom is -0.478 e. The fraction of sp³-hybridized carbons (Fsp3) is 0.510. The number of anilines is 1. The molecule has 13 atom stereocenters. The number of fused-ring (bicyclic) bond motifs is 7. The third kappa shape index (κ3) is 8.39. The molecule has 13 heteroatoms. The molecule has 10 N–H and O–H groups in total. The summed E-state index contributed by atoms with van der Waals surface area (Å²) >= 11 is 0. The molecule has 4 aliphatic carbocycles. The van der Waals surface area contributed by atoms with Gasteiger partial charge in [-0.15, -0.1) is 0 Å². The zero-order valence-corrected chi connectivity index (χ0v) is 35.1. The number of aromatic nitrogens is 1. The van der Waals surface area contributed by atoms with E-state index in [9.17, 15) is 39.9 Å². The van der Waals surface area contributed by atoms with Gasteiger partial charge in [0, 0.05) is 31.2 Å². The van der Waals surface area contributed by atoms with Crippen molar-refractivity contribution >= 4 is 41.1 Å². The highest BCUT2D eigenvalue weighted by Gasteiger charge is 2.62. The monoisotopic (exact) mass is 847 g/mol. The van der Waals surface area contributed by atoms with Crippen LogP contribution >= 0.6 is 0 Å². The van der Waals surface area contributed by atoms with Crippen LogP contribution in [0, 0.1) is 35.5 Å². The molecule has 2 aromatic carbocycles. The van der Waals surface area contributed by atoms with Gasteiger partial charge in [0.25, 0.3) is 0 Å². The predicted molar refractivity (Wildman–Crippen MR) is 237 cm³/mol. The molecule has 330 valence electrons. The summed E-state index contributed by atoms with van der Waals surface area (Å²) in [4.78, 5) is 44.5. The number of rotatable bonds is 20. The van der Waals surface area contributed by atoms with Crippen LogP contribution in [-0.4, -0.2) is 98.1 Å². The molecule has 62 heavy (non-hydrogen) atoms. The van der Waals surface area contributed by atoms with Crippen molar-refractivity contribution in [3.05, 3.63) is 101 Å². The van der Waals surface area contributed by atoms with Crippen molar-refractivity contribution in [3.8, 4) is 0 Å². The number of aliphatic hydroxyl groups excluding tert-OH is 4. The number of allylic oxidation sites excluding steroid dienone is 3. The van der Waals surface area contributed by atoms with Crippen LogP contribution in [0.1, 0.15) is 86.3 Å². The number of guanidine groups is 1. The average Bonchev–Trinajstić information content (AvgIpc) is 3.78. The number of benzene rings is 2. The number of aldehydes is 2. The Hall–Kier alpha value is -5.08. The Bertz CT molecular complexity index is 2220. The minimum atomic E-state index is -1.45. The quantitative estimate of drug-likeness (QED) is 0.0322. The number of hydrogen-bond acceptors (Lipinski definition) is 11. The number of nitrogens with one attached hydrogen (secondary N) is 3. The minimum absolute atomic E-state index is 0.00303. The number of carboxylic acids is 1. The van der Waals surface area contributed by atoms with Gasteiger partial charge in [0.1, 0.15) is 30.6 Å². The fourth-order valence-electron chi connectivity index (χ4n) is 12.1. The Morgan fingerprint density at radius 3 is 2.52 bits per heavy atom. The van der Waals surface area contributed by atoms with Crippen LogP contribution in [0.4, 0.5) is 5.82 Å². The first-order valence-electron chi connectivity index (χ1n) is 22.5. The van der Waals surface area contributed by atoms with E-state index in [2.05, 4.69) is 64.2 Å². The molecular formula is C49H61N5O8. The molecule has 13 nitrogen and oxygen atoms in total. The lowest BCUT2D eigenvalue weighted by molar-refractivity contribution is -0.131. The molecule has 1 aliphatic heterocycles. The number of carboxylic acid groups (broad SMARTS) is 1. The smallest absolute Gasteiger partial charge is 0.328 e. The molecule has 1 fully saturated rings. The summed E-state index contributed by atoms with van der Waals surface area (Å²) in [6.45, 7) is -0.578. The molecule has 0 radical (unpaired) electrons. The Morgan fingerprint density at radius 2 is 1.77 bits per heavy atom. The van der Waals surface area contributed by atoms with Crippen LogP contribution in [-0.2, 0) is 20.8 Å². The van der Waals surface area contributed by atoms with Crippen molar-refractivity contribution in [2.24, 2.45) is 46.2 Å². The number of hydrogen-bond donors (Lipinski definition) is 9. The van der Waals surface area contributed by atoms with Crippen molar-refractivity contribution in [2.45, 2.75) is 106 Å². The van der Waals surface area contributed by atoms with Gasteiger partial charge < -0.3 is 56.5 Å². The van der Waals surface area contributed by atoms with Gasteiger partial charge in [0.2, 0.25) is 0 Å². The number of nitrogens with zero attached hydrogens (tertiary/aromatic N) is 1. The van der Waals surface area contributed by atoms with Crippen molar-refractivity contribution in [2.75, 3.05) is 18.5 Å². The fourth-order valence-corrected chi connectivity index (χ4v) is 12.1. The molecule has 0 saturated heterocycles. The molecule has 2 heterocycles. The van der Waals surface area contributed by atoms with E-state index >= 15 is 0 Å². The largest absolute Gasteiger partial charge is 0.478 e. The second-order valence-electron chi connectivity index (χ2n) is 18.3. The maximum absolute atomic E-state index is 13.1. The van der Waals surface area contributed by atoms with Crippen molar-refractivity contribution in [3.63, 3.8) is 0 Å². The summed E-state index contributed by atoms with van der Waals surface area (Å²) in [5.41, 5.74) is 9.43. The van der Waals surface area contributed by atoms with E-state index in [0.29, 0.717) is 30.7 Å². The molecule has 3 aromatic rings. The standard InChI is InChI=1S/C49H61N5O8/c50-48-52-39(25-40(53-48)47(62)41(59)27-58)37(24-43(60)61)49(54-42-9-4-17-51-42)16-14-32-23-38(49)46-34-13-12-30(8-3-1-2-6-29(26-57)7-5-18-55)45(46)36-22-33-20-28(15-19-56)10-11-31(33)21-35(36)44(32)34/h4,9-14,16-17,19-22,24,26,29-30,32,34,38-41,44-47,51,54-55,58-59,62H,1-3,5-8,15,18,23,25,27H2,(H,60,61)(H3,50,52,53). The number of aliphatic carboxylic acids is 1. The van der Waals surface area contributed by atoms with E-state index in [4.69, 9.17) is 10.7 Å². The average molecular weight is 848 g/mol. The number of aromatic amines is 1. The first-order valence-corrected chi connectivity index (χ1v) is 22.5. The number of carbonyl (C=O) groups excluding carboxylic acids is 2. The first-order chi connectivity index (χ1) is 30.1. The van der Waals surface area contributed by atoms with Crippen molar-refractivity contribution in [1.29, 1.82) is 0 Å². The lowest BCUT2D eigenvalue weighted by atomic mass is 9.43. The Morgan fingerprint density at radius 1 is 0.968 bits per heavy atom. The van der Waals surface area contributed by atoms with Crippen LogP contribution < -0.4 is 16.4 Å². The Balaban J connectivity index is 1.23. The zero-order chi connectivity index (χ0) is 43.5. The molecule has 1 saturated carbocycles. The predicted octanol–water partition coefficient (Wildman–Crippen LogP) is 4.87. The summed E-state index contributed by atoms with van der Waals surface area (Å²) in [7, 11) is 0. The number of H-pyrrole nitrogens is 1. The lowest BCUT2D eigenvalue weighted by Crippen LogP contribution is -2.62. The van der Waals surface area contributed by atoms with E-state index in [1.807, 2.05) is 24.4 Å². The van der Waals surface area contributed by atoms with E-state index < -0.39 is 42.4 Å². The third-order valence-electron chi connectivity index (χ3n) is 14.8. The van der Waals surface area contributed by atoms with Crippen LogP contribution in [0.2, 0.25) is 0 Å². The summed E-state index contributed by atoms with van der Waals surface area (Å²) < 4.78 is 0. The van der Waals surface area contributed by atoms with Gasteiger partial charge in [-0.05, 0) is 125 Å². The van der Waals surface area contributed by atoms with Crippen LogP contribution in [0.25, 0.3) is 10.8 Å². The first kappa shape index (κ1) is 43.6. The summed E-state index contributed by atoms with van der Waals surface area (Å²) in [5.74, 6) is 0.193. The van der Waals surface area contributed by atoms with Gasteiger partial charge in [0.05, 0.1) is 24.2 Å². The van der Waals surface area contributed by atoms with Gasteiger partial charge in [-0.3, -0.25) is 0 Å². The highest BCUT2D eigenvalue weighted by atomic mass is 16.4. The van der Waals surface area contributed by atoms with E-state index in [1.54, 1.807) is 0 Å². The summed E-state index contributed by atoms with van der Waals surface area (Å²) in [5, 5.41) is 60.3. The highest BCUT2D eigenvalue weighted by Crippen LogP contribution is 2.67. The normalized spacial score (nSPS) is 31.0. The van der Waals surface area contributed by atoms with E-state index in [1.165, 1.54) is 17.2 Å². The summed E-state index contributed by atoms with van der Waals surface area (Å²) in [6, 6.07) is 13.2. The zero-order valence-electron chi connectivity index (χ0n) is 35.1. The molecule has 1 aromatic heterocycles. The van der Waals surface area contributed by atoms with Crippen LogP contribution in [0.3, 0.4) is 0 Å². The maximum Gasteiger partial charge on any atom is 0.328 e. The van der Waals surface area contributed by atoms with Gasteiger partial charge in [-0.1, -0.05) is 73.9 Å². The van der Waals surface area contributed by atoms with Gasteiger partial charge >= 0.3 is 5.97 Å². The van der Waals surface area contributed by atoms with Gasteiger partial charge in [-0.2, -0.15) is 0 Å². The van der Waals surface area contributed by atoms with Crippen LogP contribution in [0.15, 0.2) is 89.6 Å². The Labute approximate surface area is 362 Å². The SMILES string of the molecule is NC1=NC(C(=CC(=O)O)C2(Nc3ccc[nH]3)C=CC3CC2C2C4C=CC(CCCCCC(C=O)CCCO)C2c2cc5cc(CC=O)ccc5cc2C34)CC(C(O)C(O)CO)N1. The molecular weight excluding hydrogens is 787 g/mol. The number of nitrogens with two attached hydrogens (primary N) is 1. The molecule has 0 amide bonds. The number of aliphatic imine (C=N–C) groups is 1. The number of unbranched alkanes of at least 4 members (excludes halogenated alkanes) is 2. The van der Waals surface area contributed by atoms with E-state index in [0.717, 1.165) is 67.4 Å². The Kier molecular flexibility index (Phi) is 13.2. The number of aliphatic hydroxyl groups is 4. The third-order valence-corrected chi connectivity index (χ3v) is 14.8. The van der Waals surface area contributed by atoms with Gasteiger partial charge in [0.15, 0.2) is 5.96 Å². The second-order valence-corrected chi connectivity index (χ2v) is 18.3. The lowest BCUT2D eigenvalue weighted by Gasteiger charge is -2.63. The highest BCUT2D eigenvalue weighted by molar-refractivity contribution is 5.86. The topological polar surface area (TPSA) is 231 Å². The van der Waals surface area contributed by atoms with Crippen LogP contribution in [0.5, 0.6) is 0 Å². The molecule has 5 aliphatic rings. The van der Waals surface area contributed by atoms with Crippen molar-refractivity contribution in [1.82, 2.24) is 10.3 Å². The molecule has 13 unspecified atom stereocenters. The molecule has 0 spiro atoms. The maximum atomic E-state index is 13.1. The second kappa shape index (κ2) is 18.7. The van der Waals surface area contributed by atoms with E-state index in [-0.39, 0.29) is 66.3 Å². The van der Waals surface area contributed by atoms with Gasteiger partial charge in [-0.25, -0.2) is 9.79 Å². The summed E-state index contributed by atoms with van der Waals surface area (Å²) in [6.07, 6.45) is 18.6. The molecule has 6 bridgehead atoms. The molecule has 8 rings (SSSR count).